The largest absolute Gasteiger partial charge is 0.507 e. The van der Waals surface area contributed by atoms with Crippen molar-refractivity contribution in [2.24, 2.45) is 7.05 Å². The van der Waals surface area contributed by atoms with Gasteiger partial charge in [-0.15, -0.1) is 0 Å². The van der Waals surface area contributed by atoms with Crippen LogP contribution in [0.2, 0.25) is 10.0 Å². The molecule has 1 fully saturated rings. The average Bonchev–Trinajstić information content (AvgIpc) is 3.33. The SMILES string of the molecule is COc1c(Cl)cc(/C(O)=C2\C(=O)C(=O)N(c3ccc(C)c(C)c3)C2c2cn(C)c3ccccc23)cc1Cl. The van der Waals surface area contributed by atoms with Crippen molar-refractivity contribution >= 4 is 57.2 Å². The summed E-state index contributed by atoms with van der Waals surface area (Å²) in [5, 5.41) is 12.7. The molecule has 5 rings (SSSR count). The molecule has 0 spiro atoms. The van der Waals surface area contributed by atoms with Crippen LogP contribution in [0.15, 0.2) is 66.4 Å². The van der Waals surface area contributed by atoms with Crippen LogP contribution in [0.1, 0.15) is 28.3 Å². The fourth-order valence-electron chi connectivity index (χ4n) is 4.91. The third-order valence-corrected chi connectivity index (χ3v) is 7.47. The number of aryl methyl sites for hydroxylation is 3. The number of carbonyl (C=O) groups excluding carboxylic acids is 2. The molecule has 0 bridgehead atoms. The lowest BCUT2D eigenvalue weighted by Gasteiger charge is -2.25. The number of Topliss-reactive ketones (excluding diaryl/α,β-unsaturated/α-hetero) is 1. The first kappa shape index (κ1) is 24.9. The van der Waals surface area contributed by atoms with E-state index in [1.165, 1.54) is 24.1 Å². The van der Waals surface area contributed by atoms with E-state index in [1.54, 1.807) is 0 Å². The molecule has 37 heavy (non-hydrogen) atoms. The Balaban J connectivity index is 1.81. The van der Waals surface area contributed by atoms with Crippen LogP contribution < -0.4 is 9.64 Å². The lowest BCUT2D eigenvalue weighted by atomic mass is 9.94. The smallest absolute Gasteiger partial charge is 0.300 e. The third kappa shape index (κ3) is 3.97. The molecule has 1 unspecified atom stereocenters. The predicted molar refractivity (Wildman–Crippen MR) is 147 cm³/mol. The maximum atomic E-state index is 13.6. The van der Waals surface area contributed by atoms with Gasteiger partial charge in [0, 0.05) is 41.0 Å². The van der Waals surface area contributed by atoms with E-state index in [0.717, 1.165) is 22.0 Å². The summed E-state index contributed by atoms with van der Waals surface area (Å²) in [6.07, 6.45) is 1.89. The number of halogens is 2. The van der Waals surface area contributed by atoms with E-state index in [1.807, 2.05) is 74.1 Å². The Morgan fingerprint density at radius 2 is 1.65 bits per heavy atom. The van der Waals surface area contributed by atoms with Crippen molar-refractivity contribution in [3.8, 4) is 5.75 Å². The van der Waals surface area contributed by atoms with Gasteiger partial charge in [-0.3, -0.25) is 14.5 Å². The fraction of sp³-hybridized carbons (Fsp3) is 0.172. The number of benzene rings is 3. The van der Waals surface area contributed by atoms with Gasteiger partial charge in [-0.25, -0.2) is 0 Å². The maximum Gasteiger partial charge on any atom is 0.300 e. The van der Waals surface area contributed by atoms with Crippen LogP contribution in [0.3, 0.4) is 0 Å². The molecule has 8 heteroatoms. The number of aliphatic hydroxyl groups is 1. The van der Waals surface area contributed by atoms with Gasteiger partial charge in [-0.05, 0) is 55.3 Å². The number of anilines is 1. The summed E-state index contributed by atoms with van der Waals surface area (Å²) in [4.78, 5) is 28.6. The highest BCUT2D eigenvalue weighted by atomic mass is 35.5. The number of aliphatic hydroxyl groups excluding tert-OH is 1. The van der Waals surface area contributed by atoms with Crippen molar-refractivity contribution < 1.29 is 19.4 Å². The molecule has 4 aromatic rings. The number of amides is 1. The minimum Gasteiger partial charge on any atom is -0.507 e. The lowest BCUT2D eigenvalue weighted by Crippen LogP contribution is -2.29. The highest BCUT2D eigenvalue weighted by Gasteiger charge is 2.48. The summed E-state index contributed by atoms with van der Waals surface area (Å²) >= 11 is 12.7. The highest BCUT2D eigenvalue weighted by Crippen LogP contribution is 2.46. The topological polar surface area (TPSA) is 71.8 Å². The second-order valence-electron chi connectivity index (χ2n) is 9.12. The Labute approximate surface area is 224 Å². The normalized spacial score (nSPS) is 17.1. The first-order chi connectivity index (χ1) is 17.6. The Bertz CT molecular complexity index is 1610. The van der Waals surface area contributed by atoms with E-state index in [-0.39, 0.29) is 32.7 Å². The Hall–Kier alpha value is -3.74. The molecule has 1 aliphatic rings. The summed E-state index contributed by atoms with van der Waals surface area (Å²) in [6, 6.07) is 15.4. The zero-order valence-corrected chi connectivity index (χ0v) is 22.2. The van der Waals surface area contributed by atoms with E-state index >= 15 is 0 Å². The molecule has 1 N–H and O–H groups in total. The number of para-hydroxylation sites is 1. The van der Waals surface area contributed by atoms with Crippen molar-refractivity contribution in [2.75, 3.05) is 12.0 Å². The van der Waals surface area contributed by atoms with Gasteiger partial charge in [0.15, 0.2) is 5.75 Å². The molecule has 1 amide bonds. The van der Waals surface area contributed by atoms with Crippen molar-refractivity contribution in [2.45, 2.75) is 19.9 Å². The first-order valence-corrected chi connectivity index (χ1v) is 12.3. The number of ketones is 1. The van der Waals surface area contributed by atoms with Crippen LogP contribution in [-0.4, -0.2) is 28.5 Å². The van der Waals surface area contributed by atoms with Gasteiger partial charge in [-0.1, -0.05) is 47.5 Å². The molecular weight excluding hydrogens is 511 g/mol. The number of carbonyl (C=O) groups is 2. The molecule has 6 nitrogen and oxygen atoms in total. The Morgan fingerprint density at radius 1 is 0.973 bits per heavy atom. The van der Waals surface area contributed by atoms with Crippen LogP contribution >= 0.6 is 23.2 Å². The van der Waals surface area contributed by atoms with E-state index in [9.17, 15) is 14.7 Å². The molecule has 0 radical (unpaired) electrons. The van der Waals surface area contributed by atoms with Gasteiger partial charge in [-0.2, -0.15) is 0 Å². The standard InChI is InChI=1S/C29H24Cl2N2O4/c1-15-9-10-18(11-16(15)2)33-25(20-14-32(3)23-8-6-5-7-19(20)23)24(27(35)29(33)36)26(34)17-12-21(30)28(37-4)22(31)13-17/h5-14,25,34H,1-4H3/b26-24+. The van der Waals surface area contributed by atoms with Crippen LogP contribution in [-0.2, 0) is 16.6 Å². The molecule has 1 aromatic heterocycles. The predicted octanol–water partition coefficient (Wildman–Crippen LogP) is 6.74. The molecule has 188 valence electrons. The zero-order chi connectivity index (χ0) is 26.6. The minimum absolute atomic E-state index is 0.0446. The molecule has 0 aliphatic carbocycles. The summed E-state index contributed by atoms with van der Waals surface area (Å²) in [6.45, 7) is 3.93. The minimum atomic E-state index is -0.882. The van der Waals surface area contributed by atoms with Crippen LogP contribution in [0.5, 0.6) is 5.75 Å². The van der Waals surface area contributed by atoms with Gasteiger partial charge in [0.05, 0.1) is 28.8 Å². The summed E-state index contributed by atoms with van der Waals surface area (Å²) in [5.41, 5.74) is 4.40. The molecule has 3 aromatic carbocycles. The number of hydrogen-bond acceptors (Lipinski definition) is 4. The Kier molecular flexibility index (Phi) is 6.26. The number of methoxy groups -OCH3 is 1. The summed E-state index contributed by atoms with van der Waals surface area (Å²) in [7, 11) is 3.33. The number of hydrogen-bond donors (Lipinski definition) is 1. The zero-order valence-electron chi connectivity index (χ0n) is 20.7. The molecular formula is C29H24Cl2N2O4. The summed E-state index contributed by atoms with van der Waals surface area (Å²) < 4.78 is 7.15. The quantitative estimate of drug-likeness (QED) is 0.179. The van der Waals surface area contributed by atoms with Crippen molar-refractivity contribution in [1.29, 1.82) is 0 Å². The number of fused-ring (bicyclic) bond motifs is 1. The maximum absolute atomic E-state index is 13.6. The van der Waals surface area contributed by atoms with Gasteiger partial charge < -0.3 is 14.4 Å². The highest BCUT2D eigenvalue weighted by molar-refractivity contribution is 6.52. The third-order valence-electron chi connectivity index (χ3n) is 6.91. The number of rotatable bonds is 4. The van der Waals surface area contributed by atoms with Crippen molar-refractivity contribution in [1.82, 2.24) is 4.57 Å². The van der Waals surface area contributed by atoms with Crippen LogP contribution in [0, 0.1) is 13.8 Å². The molecule has 1 aliphatic heterocycles. The van der Waals surface area contributed by atoms with Crippen molar-refractivity contribution in [3.05, 3.63) is 98.7 Å². The van der Waals surface area contributed by atoms with Gasteiger partial charge in [0.25, 0.3) is 11.7 Å². The van der Waals surface area contributed by atoms with E-state index in [0.29, 0.717) is 11.3 Å². The second-order valence-corrected chi connectivity index (χ2v) is 9.94. The molecule has 1 saturated heterocycles. The average molecular weight is 535 g/mol. The summed E-state index contributed by atoms with van der Waals surface area (Å²) in [5.74, 6) is -1.64. The number of nitrogens with zero attached hydrogens (tertiary/aromatic N) is 2. The monoisotopic (exact) mass is 534 g/mol. The fourth-order valence-corrected chi connectivity index (χ4v) is 5.55. The van der Waals surface area contributed by atoms with Crippen LogP contribution in [0.25, 0.3) is 16.7 Å². The first-order valence-electron chi connectivity index (χ1n) is 11.6. The van der Waals surface area contributed by atoms with E-state index in [4.69, 9.17) is 27.9 Å². The molecule has 1 atom stereocenters. The van der Waals surface area contributed by atoms with E-state index in [2.05, 4.69) is 0 Å². The van der Waals surface area contributed by atoms with Crippen LogP contribution in [0.4, 0.5) is 5.69 Å². The van der Waals surface area contributed by atoms with Gasteiger partial charge in [0.2, 0.25) is 0 Å². The molecule has 0 saturated carbocycles. The second kappa shape index (κ2) is 9.29. The number of aromatic nitrogens is 1. The molecule has 2 heterocycles. The number of ether oxygens (including phenoxy) is 1. The Morgan fingerprint density at radius 3 is 2.30 bits per heavy atom. The lowest BCUT2D eigenvalue weighted by molar-refractivity contribution is -0.132. The van der Waals surface area contributed by atoms with Gasteiger partial charge >= 0.3 is 0 Å². The van der Waals surface area contributed by atoms with Gasteiger partial charge in [0.1, 0.15) is 5.76 Å². The van der Waals surface area contributed by atoms with Crippen molar-refractivity contribution in [3.63, 3.8) is 0 Å². The van der Waals surface area contributed by atoms with E-state index < -0.39 is 17.7 Å².